The van der Waals surface area contributed by atoms with Crippen molar-refractivity contribution in [3.63, 3.8) is 0 Å². The fraction of sp³-hybridized carbons (Fsp3) is 0.333. The smallest absolute Gasteiger partial charge is 0.125 e. The van der Waals surface area contributed by atoms with Crippen LogP contribution in [-0.4, -0.2) is 19.2 Å². The zero-order valence-corrected chi connectivity index (χ0v) is 7.32. The molecule has 1 heterocycles. The Bertz CT molecular complexity index is 262. The number of rotatable bonds is 1. The summed E-state index contributed by atoms with van der Waals surface area (Å²) < 4.78 is 5.09. The molecule has 0 fully saturated rings. The maximum atomic E-state index is 5.09. The molecule has 0 aliphatic carbocycles. The minimum Gasteiger partial charge on any atom is -0.501 e. The van der Waals surface area contributed by atoms with Gasteiger partial charge in [0.15, 0.2) is 0 Å². The van der Waals surface area contributed by atoms with Crippen molar-refractivity contribution in [1.29, 1.82) is 0 Å². The lowest BCUT2D eigenvalue weighted by Crippen LogP contribution is -1.86. The molecule has 0 aromatic heterocycles. The van der Waals surface area contributed by atoms with Crippen molar-refractivity contribution in [2.45, 2.75) is 13.3 Å². The van der Waals surface area contributed by atoms with E-state index in [2.05, 4.69) is 9.98 Å². The molecule has 0 atom stereocenters. The van der Waals surface area contributed by atoms with Gasteiger partial charge in [-0.2, -0.15) is 0 Å². The van der Waals surface area contributed by atoms with Crippen LogP contribution in [-0.2, 0) is 4.74 Å². The first-order chi connectivity index (χ1) is 5.83. The van der Waals surface area contributed by atoms with E-state index in [-0.39, 0.29) is 0 Å². The average Bonchev–Trinajstić information content (AvgIpc) is 2.17. The van der Waals surface area contributed by atoms with E-state index in [1.54, 1.807) is 19.5 Å². The molecular formula is C9H12N2O. The molecule has 3 heteroatoms. The third kappa shape index (κ3) is 2.70. The van der Waals surface area contributed by atoms with Gasteiger partial charge in [0.2, 0.25) is 0 Å². The molecule has 0 bridgehead atoms. The van der Waals surface area contributed by atoms with E-state index in [9.17, 15) is 0 Å². The molecule has 0 aromatic rings. The summed E-state index contributed by atoms with van der Waals surface area (Å²) in [7, 11) is 1.65. The predicted molar refractivity (Wildman–Crippen MR) is 50.5 cm³/mol. The highest BCUT2D eigenvalue weighted by molar-refractivity contribution is 5.91. The molecule has 0 amide bonds. The van der Waals surface area contributed by atoms with E-state index < -0.39 is 0 Å². The summed E-state index contributed by atoms with van der Waals surface area (Å²) in [5.74, 6) is 1.64. The number of allylic oxidation sites excluding steroid dienone is 2. The summed E-state index contributed by atoms with van der Waals surface area (Å²) in [6.45, 7) is 1.85. The van der Waals surface area contributed by atoms with Crippen molar-refractivity contribution in [2.75, 3.05) is 7.11 Å². The standard InChI is InChI=1S/C9H12N2O/c1-8-10-6-3-4-9(12-2)5-7-11-8/h3,5-7H,4H2,1-2H3. The van der Waals surface area contributed by atoms with Crippen LogP contribution in [0.3, 0.4) is 0 Å². The molecule has 0 saturated heterocycles. The van der Waals surface area contributed by atoms with Crippen LogP contribution in [0.2, 0.25) is 0 Å². The molecule has 0 saturated carbocycles. The highest BCUT2D eigenvalue weighted by Crippen LogP contribution is 2.03. The summed E-state index contributed by atoms with van der Waals surface area (Å²) in [5.41, 5.74) is 0. The van der Waals surface area contributed by atoms with Crippen LogP contribution in [0.4, 0.5) is 0 Å². The second-order valence-corrected chi connectivity index (χ2v) is 2.38. The number of methoxy groups -OCH3 is 1. The molecule has 64 valence electrons. The number of aliphatic imine (C=N–C) groups is 2. The number of hydrogen-bond acceptors (Lipinski definition) is 3. The summed E-state index contributed by atoms with van der Waals surface area (Å²) in [4.78, 5) is 8.12. The number of amidine groups is 1. The minimum atomic E-state index is 0.750. The van der Waals surface area contributed by atoms with Gasteiger partial charge in [0.05, 0.1) is 7.11 Å². The molecule has 3 nitrogen and oxygen atoms in total. The van der Waals surface area contributed by atoms with Crippen LogP contribution in [0.1, 0.15) is 13.3 Å². The molecule has 0 aromatic carbocycles. The molecule has 1 aliphatic heterocycles. The van der Waals surface area contributed by atoms with Crippen molar-refractivity contribution >= 4 is 12.1 Å². The summed E-state index contributed by atoms with van der Waals surface area (Å²) in [5, 5.41) is 0. The van der Waals surface area contributed by atoms with Crippen LogP contribution in [0, 0.1) is 0 Å². The van der Waals surface area contributed by atoms with E-state index >= 15 is 0 Å². The largest absolute Gasteiger partial charge is 0.501 e. The fourth-order valence-corrected chi connectivity index (χ4v) is 0.810. The molecule has 0 unspecified atom stereocenters. The molecule has 1 rings (SSSR count). The minimum absolute atomic E-state index is 0.750. The Kier molecular flexibility index (Phi) is 3.26. The lowest BCUT2D eigenvalue weighted by molar-refractivity contribution is 0.285. The Morgan fingerprint density at radius 1 is 1.50 bits per heavy atom. The highest BCUT2D eigenvalue weighted by Gasteiger charge is 1.92. The maximum absolute atomic E-state index is 5.09. The topological polar surface area (TPSA) is 34.0 Å². The van der Waals surface area contributed by atoms with Gasteiger partial charge >= 0.3 is 0 Å². The van der Waals surface area contributed by atoms with Gasteiger partial charge in [0.1, 0.15) is 11.6 Å². The Morgan fingerprint density at radius 3 is 3.08 bits per heavy atom. The third-order valence-corrected chi connectivity index (χ3v) is 1.47. The van der Waals surface area contributed by atoms with E-state index in [4.69, 9.17) is 4.74 Å². The third-order valence-electron chi connectivity index (χ3n) is 1.47. The molecular weight excluding hydrogens is 152 g/mol. The quantitative estimate of drug-likeness (QED) is 0.583. The average molecular weight is 164 g/mol. The van der Waals surface area contributed by atoms with Crippen LogP contribution in [0.25, 0.3) is 0 Å². The summed E-state index contributed by atoms with van der Waals surface area (Å²) in [6.07, 6.45) is 7.98. The van der Waals surface area contributed by atoms with Crippen LogP contribution in [0.15, 0.2) is 34.1 Å². The van der Waals surface area contributed by atoms with Crippen LogP contribution < -0.4 is 0 Å². The Hall–Kier alpha value is -1.38. The SMILES string of the molecule is COC1=CC=NC(C)=NC=CC1. The first kappa shape index (κ1) is 8.71. The van der Waals surface area contributed by atoms with Crippen molar-refractivity contribution in [1.82, 2.24) is 0 Å². The van der Waals surface area contributed by atoms with Gasteiger partial charge in [-0.3, -0.25) is 0 Å². The van der Waals surface area contributed by atoms with Crippen molar-refractivity contribution in [2.24, 2.45) is 9.98 Å². The van der Waals surface area contributed by atoms with Gasteiger partial charge in [0.25, 0.3) is 0 Å². The molecule has 12 heavy (non-hydrogen) atoms. The second kappa shape index (κ2) is 4.49. The number of ether oxygens (including phenoxy) is 1. The fourth-order valence-electron chi connectivity index (χ4n) is 0.810. The van der Waals surface area contributed by atoms with Crippen LogP contribution >= 0.6 is 0 Å². The van der Waals surface area contributed by atoms with E-state index in [1.807, 2.05) is 19.1 Å². The Balaban J connectivity index is 2.78. The van der Waals surface area contributed by atoms with Gasteiger partial charge in [0, 0.05) is 18.8 Å². The van der Waals surface area contributed by atoms with Gasteiger partial charge in [-0.1, -0.05) is 6.08 Å². The zero-order valence-electron chi connectivity index (χ0n) is 7.32. The highest BCUT2D eigenvalue weighted by atomic mass is 16.5. The maximum Gasteiger partial charge on any atom is 0.125 e. The molecule has 0 N–H and O–H groups in total. The molecule has 0 spiro atoms. The Morgan fingerprint density at radius 2 is 2.33 bits per heavy atom. The van der Waals surface area contributed by atoms with Gasteiger partial charge < -0.3 is 4.74 Å². The van der Waals surface area contributed by atoms with Gasteiger partial charge in [-0.05, 0) is 13.0 Å². The van der Waals surface area contributed by atoms with Crippen LogP contribution in [0.5, 0.6) is 0 Å². The molecule has 1 aliphatic rings. The van der Waals surface area contributed by atoms with E-state index in [0.29, 0.717) is 0 Å². The second-order valence-electron chi connectivity index (χ2n) is 2.38. The van der Waals surface area contributed by atoms with E-state index in [0.717, 1.165) is 18.0 Å². The monoisotopic (exact) mass is 164 g/mol. The lowest BCUT2D eigenvalue weighted by atomic mass is 10.3. The number of hydrogen-bond donors (Lipinski definition) is 0. The molecule has 0 radical (unpaired) electrons. The van der Waals surface area contributed by atoms with E-state index in [1.165, 1.54) is 0 Å². The Labute approximate surface area is 72.2 Å². The van der Waals surface area contributed by atoms with Gasteiger partial charge in [-0.25, -0.2) is 9.98 Å². The first-order valence-corrected chi connectivity index (χ1v) is 3.79. The predicted octanol–water partition coefficient (Wildman–Crippen LogP) is 1.92. The van der Waals surface area contributed by atoms with Gasteiger partial charge in [-0.15, -0.1) is 0 Å². The first-order valence-electron chi connectivity index (χ1n) is 3.79. The van der Waals surface area contributed by atoms with Crippen molar-refractivity contribution in [3.05, 3.63) is 24.1 Å². The zero-order chi connectivity index (χ0) is 8.81. The summed E-state index contributed by atoms with van der Waals surface area (Å²) >= 11 is 0. The number of nitrogens with zero attached hydrogens (tertiary/aromatic N) is 2. The van der Waals surface area contributed by atoms with Crippen molar-refractivity contribution < 1.29 is 4.74 Å². The summed E-state index contributed by atoms with van der Waals surface area (Å²) in [6, 6.07) is 0. The lowest BCUT2D eigenvalue weighted by Gasteiger charge is -1.98. The van der Waals surface area contributed by atoms with Crippen molar-refractivity contribution in [3.8, 4) is 0 Å². The normalized spacial score (nSPS) is 17.2.